The third kappa shape index (κ3) is 4.46. The Morgan fingerprint density at radius 1 is 0.947 bits per heavy atom. The summed E-state index contributed by atoms with van der Waals surface area (Å²) in [5.74, 6) is 0. The number of nitrogens with two attached hydrogens (primary N) is 1. The lowest BCUT2D eigenvalue weighted by Crippen LogP contribution is -2.57. The predicted molar refractivity (Wildman–Crippen MR) is 83.1 cm³/mol. The van der Waals surface area contributed by atoms with Crippen molar-refractivity contribution in [1.29, 1.82) is 0 Å². The Morgan fingerprint density at radius 3 is 2.11 bits per heavy atom. The molecule has 2 nitrogen and oxygen atoms in total. The molecule has 0 aliphatic carbocycles. The van der Waals surface area contributed by atoms with Crippen LogP contribution in [0.15, 0.2) is 0 Å². The highest BCUT2D eigenvalue weighted by molar-refractivity contribution is 4.95. The molecule has 0 saturated carbocycles. The third-order valence-electron chi connectivity index (χ3n) is 5.53. The van der Waals surface area contributed by atoms with Crippen LogP contribution in [0.5, 0.6) is 0 Å². The summed E-state index contributed by atoms with van der Waals surface area (Å²) >= 11 is 0. The molecule has 0 spiro atoms. The molecule has 2 heteroatoms. The number of hydrogen-bond acceptors (Lipinski definition) is 2. The number of rotatable bonds is 9. The molecule has 0 aromatic carbocycles. The summed E-state index contributed by atoms with van der Waals surface area (Å²) in [4.78, 5) is 2.48. The molecule has 3 fully saturated rings. The molecule has 3 aliphatic heterocycles. The number of unbranched alkanes of at least 4 members (excludes halogenated alkanes) is 7. The fraction of sp³-hybridized carbons (Fsp3) is 1.00. The Balaban J connectivity index is 1.53. The molecular weight excluding hydrogens is 232 g/mol. The highest BCUT2D eigenvalue weighted by Gasteiger charge is 2.42. The minimum Gasteiger partial charge on any atom is -0.316 e. The average Bonchev–Trinajstić information content (AvgIpc) is 2.43. The van der Waals surface area contributed by atoms with Crippen molar-refractivity contribution in [3.8, 4) is 0 Å². The third-order valence-corrected chi connectivity index (χ3v) is 5.53. The standard InChI is InChI=1S/C17H34N2/c1-2-3-4-5-6-7-8-9-10-17-11-13-19(14-12-17)16(18)15-17/h16H,2-15,18H2,1H3. The van der Waals surface area contributed by atoms with E-state index in [9.17, 15) is 0 Å². The lowest BCUT2D eigenvalue weighted by atomic mass is 9.68. The molecule has 3 aliphatic rings. The van der Waals surface area contributed by atoms with Gasteiger partial charge in [-0.3, -0.25) is 4.90 Å². The van der Waals surface area contributed by atoms with Crippen molar-refractivity contribution in [1.82, 2.24) is 4.90 Å². The van der Waals surface area contributed by atoms with Crippen LogP contribution in [0.1, 0.15) is 84.0 Å². The zero-order chi connectivity index (χ0) is 13.6. The van der Waals surface area contributed by atoms with Crippen LogP contribution >= 0.6 is 0 Å². The van der Waals surface area contributed by atoms with Gasteiger partial charge in [0, 0.05) is 13.1 Å². The first-order valence-electron chi connectivity index (χ1n) is 8.75. The lowest BCUT2D eigenvalue weighted by Gasteiger charge is -2.52. The largest absolute Gasteiger partial charge is 0.316 e. The van der Waals surface area contributed by atoms with Gasteiger partial charge < -0.3 is 5.73 Å². The minimum atomic E-state index is 0.372. The highest BCUT2D eigenvalue weighted by Crippen LogP contribution is 2.45. The van der Waals surface area contributed by atoms with Gasteiger partial charge in [-0.2, -0.15) is 0 Å². The minimum absolute atomic E-state index is 0.372. The van der Waals surface area contributed by atoms with Gasteiger partial charge in [0.15, 0.2) is 0 Å². The maximum atomic E-state index is 6.23. The van der Waals surface area contributed by atoms with E-state index >= 15 is 0 Å². The molecule has 0 amide bonds. The van der Waals surface area contributed by atoms with Gasteiger partial charge in [0.2, 0.25) is 0 Å². The van der Waals surface area contributed by atoms with Crippen molar-refractivity contribution in [3.05, 3.63) is 0 Å². The molecule has 19 heavy (non-hydrogen) atoms. The van der Waals surface area contributed by atoms with Crippen LogP contribution in [0.25, 0.3) is 0 Å². The Hall–Kier alpha value is -0.0800. The molecule has 2 N–H and O–H groups in total. The van der Waals surface area contributed by atoms with Crippen LogP contribution in [0.2, 0.25) is 0 Å². The van der Waals surface area contributed by atoms with E-state index in [-0.39, 0.29) is 0 Å². The van der Waals surface area contributed by atoms with E-state index in [1.54, 1.807) is 0 Å². The summed E-state index contributed by atoms with van der Waals surface area (Å²) in [5, 5.41) is 0. The zero-order valence-corrected chi connectivity index (χ0v) is 13.0. The van der Waals surface area contributed by atoms with E-state index in [1.165, 1.54) is 90.1 Å². The Bertz CT molecular complexity index is 244. The Morgan fingerprint density at radius 2 is 1.53 bits per heavy atom. The maximum Gasteiger partial charge on any atom is 0.0577 e. The Labute approximate surface area is 120 Å². The van der Waals surface area contributed by atoms with E-state index in [0.717, 1.165) is 0 Å². The quantitative estimate of drug-likeness (QED) is 0.631. The van der Waals surface area contributed by atoms with Gasteiger partial charge in [0.25, 0.3) is 0 Å². The van der Waals surface area contributed by atoms with Crippen LogP contribution in [0.3, 0.4) is 0 Å². The van der Waals surface area contributed by atoms with Crippen LogP contribution < -0.4 is 5.73 Å². The van der Waals surface area contributed by atoms with Gasteiger partial charge in [0.05, 0.1) is 6.17 Å². The first-order valence-corrected chi connectivity index (χ1v) is 8.75. The molecular formula is C17H34N2. The van der Waals surface area contributed by atoms with Gasteiger partial charge in [-0.25, -0.2) is 0 Å². The topological polar surface area (TPSA) is 29.3 Å². The first kappa shape index (κ1) is 15.3. The van der Waals surface area contributed by atoms with E-state index < -0.39 is 0 Å². The molecule has 112 valence electrons. The van der Waals surface area contributed by atoms with Crippen molar-refractivity contribution < 1.29 is 0 Å². The number of fused-ring (bicyclic) bond motifs is 3. The normalized spacial score (nSPS) is 33.8. The zero-order valence-electron chi connectivity index (χ0n) is 13.0. The maximum absolute atomic E-state index is 6.23. The molecule has 3 rings (SSSR count). The summed E-state index contributed by atoms with van der Waals surface area (Å²) in [7, 11) is 0. The van der Waals surface area contributed by atoms with Crippen molar-refractivity contribution in [2.24, 2.45) is 11.1 Å². The van der Waals surface area contributed by atoms with Crippen LogP contribution in [0, 0.1) is 5.41 Å². The molecule has 0 aromatic rings. The van der Waals surface area contributed by atoms with E-state index in [0.29, 0.717) is 11.6 Å². The molecule has 1 atom stereocenters. The number of piperidine rings is 3. The molecule has 0 radical (unpaired) electrons. The molecule has 3 heterocycles. The molecule has 0 aromatic heterocycles. The fourth-order valence-corrected chi connectivity index (χ4v) is 4.09. The van der Waals surface area contributed by atoms with Crippen molar-refractivity contribution in [2.45, 2.75) is 90.1 Å². The van der Waals surface area contributed by atoms with Crippen molar-refractivity contribution >= 4 is 0 Å². The summed E-state index contributed by atoms with van der Waals surface area (Å²) in [6, 6.07) is 0. The van der Waals surface area contributed by atoms with Gasteiger partial charge in [-0.1, -0.05) is 58.3 Å². The second-order valence-corrected chi connectivity index (χ2v) is 7.03. The molecule has 3 saturated heterocycles. The van der Waals surface area contributed by atoms with Crippen molar-refractivity contribution in [3.63, 3.8) is 0 Å². The van der Waals surface area contributed by atoms with E-state index in [4.69, 9.17) is 5.73 Å². The smallest absolute Gasteiger partial charge is 0.0577 e. The summed E-state index contributed by atoms with van der Waals surface area (Å²) < 4.78 is 0. The van der Waals surface area contributed by atoms with Crippen LogP contribution in [0.4, 0.5) is 0 Å². The van der Waals surface area contributed by atoms with Gasteiger partial charge >= 0.3 is 0 Å². The highest BCUT2D eigenvalue weighted by atomic mass is 15.2. The van der Waals surface area contributed by atoms with Gasteiger partial charge in [-0.05, 0) is 31.1 Å². The van der Waals surface area contributed by atoms with E-state index in [2.05, 4.69) is 11.8 Å². The predicted octanol–water partition coefficient (Wildman–Crippen LogP) is 4.29. The fourth-order valence-electron chi connectivity index (χ4n) is 4.09. The first-order chi connectivity index (χ1) is 9.26. The van der Waals surface area contributed by atoms with Gasteiger partial charge in [0.1, 0.15) is 0 Å². The number of nitrogens with zero attached hydrogens (tertiary/aromatic N) is 1. The number of hydrogen-bond donors (Lipinski definition) is 1. The summed E-state index contributed by atoms with van der Waals surface area (Å²) in [6.07, 6.45) is 17.4. The Kier molecular flexibility index (Phi) is 6.15. The molecule has 1 unspecified atom stereocenters. The second kappa shape index (κ2) is 7.64. The van der Waals surface area contributed by atoms with E-state index in [1.807, 2.05) is 0 Å². The molecule has 2 bridgehead atoms. The second-order valence-electron chi connectivity index (χ2n) is 7.03. The summed E-state index contributed by atoms with van der Waals surface area (Å²) in [6.45, 7) is 4.82. The van der Waals surface area contributed by atoms with Crippen molar-refractivity contribution in [2.75, 3.05) is 13.1 Å². The monoisotopic (exact) mass is 266 g/mol. The van der Waals surface area contributed by atoms with Gasteiger partial charge in [-0.15, -0.1) is 0 Å². The van der Waals surface area contributed by atoms with Crippen LogP contribution in [-0.4, -0.2) is 24.2 Å². The van der Waals surface area contributed by atoms with Crippen LogP contribution in [-0.2, 0) is 0 Å². The lowest BCUT2D eigenvalue weighted by molar-refractivity contribution is -0.0245. The SMILES string of the molecule is CCCCCCCCCCC12CCN(CC1)C(N)C2. The summed E-state index contributed by atoms with van der Waals surface area (Å²) in [5.41, 5.74) is 6.86. The average molecular weight is 266 g/mol.